The van der Waals surface area contributed by atoms with E-state index < -0.39 is 24.0 Å². The first kappa shape index (κ1) is 18.6. The number of piperidine rings is 1. The van der Waals surface area contributed by atoms with Crippen molar-refractivity contribution in [2.24, 2.45) is 17.8 Å². The van der Waals surface area contributed by atoms with Crippen LogP contribution in [-0.4, -0.2) is 40.3 Å². The average molecular weight is 402 g/mol. The van der Waals surface area contributed by atoms with E-state index in [1.807, 2.05) is 55.5 Å². The zero-order valence-corrected chi connectivity index (χ0v) is 16.5. The van der Waals surface area contributed by atoms with E-state index in [9.17, 15) is 14.4 Å². The average Bonchev–Trinajstić information content (AvgIpc) is 3.07. The van der Waals surface area contributed by atoms with E-state index in [0.29, 0.717) is 12.3 Å². The van der Waals surface area contributed by atoms with Gasteiger partial charge in [0.2, 0.25) is 11.8 Å². The fourth-order valence-corrected chi connectivity index (χ4v) is 4.97. The van der Waals surface area contributed by atoms with Crippen molar-refractivity contribution >= 4 is 17.9 Å². The van der Waals surface area contributed by atoms with Gasteiger partial charge in [-0.05, 0) is 24.6 Å². The monoisotopic (exact) mass is 402 g/mol. The highest BCUT2D eigenvalue weighted by atomic mass is 16.6. The normalized spacial score (nSPS) is 27.9. The van der Waals surface area contributed by atoms with Gasteiger partial charge in [-0.25, -0.2) is 4.79 Å². The lowest BCUT2D eigenvalue weighted by molar-refractivity contribution is -0.142. The SMILES string of the molecule is C[C@@H](c1ccccc1)N1C(=O)[C@@H]2[C@H](C1=O)[C@@H]1C=C[C@H]2N(C(=O)Oc2ccccc2)C1. The molecule has 2 aromatic rings. The lowest BCUT2D eigenvalue weighted by Gasteiger charge is -2.45. The molecule has 152 valence electrons. The standard InChI is InChI=1S/C24H22N2O4/c1-15(16-8-4-2-5-9-16)26-22(27)20-17-12-13-19(21(20)23(26)28)25(14-17)24(29)30-18-10-6-3-7-11-18/h2-13,15,17,19-21H,14H2,1H3/t15-,17+,19+,20+,21-/m0/s1. The Morgan fingerprint density at radius 3 is 2.27 bits per heavy atom. The zero-order valence-electron chi connectivity index (χ0n) is 16.5. The van der Waals surface area contributed by atoms with Gasteiger partial charge in [-0.2, -0.15) is 0 Å². The Bertz CT molecular complexity index is 1020. The Morgan fingerprint density at radius 1 is 0.933 bits per heavy atom. The molecule has 3 aliphatic heterocycles. The van der Waals surface area contributed by atoms with Crippen LogP contribution in [0.25, 0.3) is 0 Å². The number of likely N-dealkylation sites (tertiary alicyclic amines) is 1. The van der Waals surface area contributed by atoms with Gasteiger partial charge >= 0.3 is 6.09 Å². The molecule has 0 saturated carbocycles. The van der Waals surface area contributed by atoms with Crippen molar-refractivity contribution in [3.8, 4) is 5.75 Å². The molecule has 5 atom stereocenters. The predicted octanol–water partition coefficient (Wildman–Crippen LogP) is 3.42. The molecule has 6 rings (SSSR count). The Hall–Kier alpha value is -3.41. The molecule has 6 nitrogen and oxygen atoms in total. The number of fused-ring (bicyclic) bond motifs is 1. The minimum absolute atomic E-state index is 0.142. The molecule has 3 amide bonds. The van der Waals surface area contributed by atoms with E-state index in [0.717, 1.165) is 5.56 Å². The maximum atomic E-state index is 13.4. The van der Waals surface area contributed by atoms with Crippen LogP contribution in [-0.2, 0) is 9.59 Å². The minimum atomic E-state index is -0.560. The van der Waals surface area contributed by atoms with E-state index >= 15 is 0 Å². The molecule has 6 heteroatoms. The Kier molecular flexibility index (Phi) is 4.42. The molecule has 0 aromatic heterocycles. The van der Waals surface area contributed by atoms with Crippen LogP contribution in [0.2, 0.25) is 0 Å². The molecule has 0 N–H and O–H groups in total. The Labute approximate surface area is 174 Å². The van der Waals surface area contributed by atoms with E-state index in [1.54, 1.807) is 29.2 Å². The second-order valence-corrected chi connectivity index (χ2v) is 8.06. The van der Waals surface area contributed by atoms with Crippen molar-refractivity contribution in [2.45, 2.75) is 19.0 Å². The number of carbonyl (C=O) groups excluding carboxylic acids is 3. The van der Waals surface area contributed by atoms with Gasteiger partial charge in [0.05, 0.1) is 23.9 Å². The first-order valence-electron chi connectivity index (χ1n) is 10.2. The zero-order chi connectivity index (χ0) is 20.8. The smallest absolute Gasteiger partial charge is 0.410 e. The summed E-state index contributed by atoms with van der Waals surface area (Å²) >= 11 is 0. The van der Waals surface area contributed by atoms with E-state index in [2.05, 4.69) is 0 Å². The highest BCUT2D eigenvalue weighted by molar-refractivity contribution is 6.07. The van der Waals surface area contributed by atoms with Crippen LogP contribution in [0.15, 0.2) is 72.8 Å². The van der Waals surface area contributed by atoms with Gasteiger partial charge in [0.15, 0.2) is 0 Å². The number of nitrogens with zero attached hydrogens (tertiary/aromatic N) is 2. The van der Waals surface area contributed by atoms with Crippen molar-refractivity contribution in [3.63, 3.8) is 0 Å². The number of benzene rings is 2. The fraction of sp³-hybridized carbons (Fsp3) is 0.292. The maximum Gasteiger partial charge on any atom is 0.415 e. The predicted molar refractivity (Wildman–Crippen MR) is 109 cm³/mol. The van der Waals surface area contributed by atoms with Gasteiger partial charge in [-0.1, -0.05) is 60.7 Å². The summed E-state index contributed by atoms with van der Waals surface area (Å²) in [5.74, 6) is -1.06. The fourth-order valence-electron chi connectivity index (χ4n) is 4.97. The van der Waals surface area contributed by atoms with Gasteiger partial charge in [0.1, 0.15) is 5.75 Å². The molecule has 1 aliphatic carbocycles. The molecule has 3 heterocycles. The van der Waals surface area contributed by atoms with Crippen molar-refractivity contribution in [2.75, 3.05) is 6.54 Å². The number of carbonyl (C=O) groups is 3. The van der Waals surface area contributed by atoms with Gasteiger partial charge in [0, 0.05) is 12.5 Å². The summed E-state index contributed by atoms with van der Waals surface area (Å²) in [5.41, 5.74) is 0.915. The molecule has 2 aromatic carbocycles. The van der Waals surface area contributed by atoms with Crippen LogP contribution in [0.3, 0.4) is 0 Å². The molecular formula is C24H22N2O4. The summed E-state index contributed by atoms with van der Waals surface area (Å²) in [6, 6.07) is 17.6. The van der Waals surface area contributed by atoms with E-state index in [4.69, 9.17) is 4.74 Å². The second-order valence-electron chi connectivity index (χ2n) is 8.06. The highest BCUT2D eigenvalue weighted by Crippen LogP contribution is 2.47. The number of amides is 3. The lowest BCUT2D eigenvalue weighted by atomic mass is 9.70. The molecule has 4 aliphatic rings. The molecular weight excluding hydrogens is 380 g/mol. The van der Waals surface area contributed by atoms with E-state index in [1.165, 1.54) is 4.90 Å². The van der Waals surface area contributed by atoms with Gasteiger partial charge in [-0.3, -0.25) is 19.4 Å². The molecule has 30 heavy (non-hydrogen) atoms. The van der Waals surface area contributed by atoms with Crippen LogP contribution in [0.4, 0.5) is 4.79 Å². The number of para-hydroxylation sites is 1. The number of ether oxygens (including phenoxy) is 1. The van der Waals surface area contributed by atoms with Crippen LogP contribution < -0.4 is 4.74 Å². The van der Waals surface area contributed by atoms with Crippen LogP contribution in [0.5, 0.6) is 5.75 Å². The summed E-state index contributed by atoms with van der Waals surface area (Å²) in [5, 5.41) is 0. The topological polar surface area (TPSA) is 66.9 Å². The van der Waals surface area contributed by atoms with Gasteiger partial charge < -0.3 is 4.74 Å². The summed E-state index contributed by atoms with van der Waals surface area (Å²) in [4.78, 5) is 42.4. The molecule has 2 saturated heterocycles. The van der Waals surface area contributed by atoms with Gasteiger partial charge in [-0.15, -0.1) is 0 Å². The summed E-state index contributed by atoms with van der Waals surface area (Å²) in [6.45, 7) is 2.25. The Balaban J connectivity index is 1.41. The molecule has 2 fully saturated rings. The maximum absolute atomic E-state index is 13.4. The van der Waals surface area contributed by atoms with Crippen molar-refractivity contribution in [1.82, 2.24) is 9.80 Å². The highest BCUT2D eigenvalue weighted by Gasteiger charge is 2.60. The first-order valence-corrected chi connectivity index (χ1v) is 10.2. The third kappa shape index (κ3) is 2.83. The first-order chi connectivity index (χ1) is 14.6. The summed E-state index contributed by atoms with van der Waals surface area (Å²) in [7, 11) is 0. The summed E-state index contributed by atoms with van der Waals surface area (Å²) < 4.78 is 5.50. The molecule has 0 unspecified atom stereocenters. The minimum Gasteiger partial charge on any atom is -0.410 e. The van der Waals surface area contributed by atoms with Crippen molar-refractivity contribution in [3.05, 3.63) is 78.4 Å². The lowest BCUT2D eigenvalue weighted by Crippen LogP contribution is -2.58. The quantitative estimate of drug-likeness (QED) is 0.583. The van der Waals surface area contributed by atoms with E-state index in [-0.39, 0.29) is 23.8 Å². The van der Waals surface area contributed by atoms with Gasteiger partial charge in [0.25, 0.3) is 0 Å². The number of rotatable bonds is 3. The summed E-state index contributed by atoms with van der Waals surface area (Å²) in [6.07, 6.45) is 3.36. The molecule has 2 bridgehead atoms. The third-order valence-electron chi connectivity index (χ3n) is 6.44. The van der Waals surface area contributed by atoms with Crippen molar-refractivity contribution < 1.29 is 19.1 Å². The largest absolute Gasteiger partial charge is 0.415 e. The molecule has 0 radical (unpaired) electrons. The van der Waals surface area contributed by atoms with Crippen LogP contribution in [0, 0.1) is 17.8 Å². The number of hydrogen-bond donors (Lipinski definition) is 0. The Morgan fingerprint density at radius 2 is 1.57 bits per heavy atom. The molecule has 0 spiro atoms. The third-order valence-corrected chi connectivity index (χ3v) is 6.44. The van der Waals surface area contributed by atoms with Crippen LogP contribution >= 0.6 is 0 Å². The second kappa shape index (κ2) is 7.13. The number of hydrogen-bond acceptors (Lipinski definition) is 4. The van der Waals surface area contributed by atoms with Crippen molar-refractivity contribution in [1.29, 1.82) is 0 Å². The van der Waals surface area contributed by atoms with Crippen LogP contribution in [0.1, 0.15) is 18.5 Å². The number of imide groups is 1.